The van der Waals surface area contributed by atoms with Gasteiger partial charge in [0.1, 0.15) is 0 Å². The Hall–Kier alpha value is -3.52. The molecule has 0 saturated heterocycles. The number of rotatable bonds is 10. The average molecular weight is 497 g/mol. The number of ether oxygens (including phenoxy) is 2. The van der Waals surface area contributed by atoms with Gasteiger partial charge in [-0.1, -0.05) is 30.7 Å². The zero-order valence-corrected chi connectivity index (χ0v) is 21.6. The molecule has 0 saturated carbocycles. The molecule has 7 nitrogen and oxygen atoms in total. The van der Waals surface area contributed by atoms with Crippen molar-refractivity contribution in [2.24, 2.45) is 0 Å². The first-order valence-corrected chi connectivity index (χ1v) is 13.0. The van der Waals surface area contributed by atoms with Crippen LogP contribution in [0.3, 0.4) is 0 Å². The van der Waals surface area contributed by atoms with Crippen LogP contribution in [-0.2, 0) is 10.0 Å². The van der Waals surface area contributed by atoms with Gasteiger partial charge < -0.3 is 14.8 Å². The Morgan fingerprint density at radius 2 is 1.63 bits per heavy atom. The van der Waals surface area contributed by atoms with Crippen LogP contribution in [0.2, 0.25) is 0 Å². The highest BCUT2D eigenvalue weighted by molar-refractivity contribution is 7.92. The summed E-state index contributed by atoms with van der Waals surface area (Å²) in [5.74, 6) is 0.674. The lowest BCUT2D eigenvalue weighted by Gasteiger charge is -2.15. The number of carbonyl (C=O) groups excluding carboxylic acids is 1. The predicted octanol–water partition coefficient (Wildman–Crippen LogP) is 5.85. The molecule has 0 aliphatic heterocycles. The molecule has 0 unspecified atom stereocenters. The van der Waals surface area contributed by atoms with Crippen molar-refractivity contribution in [3.05, 3.63) is 76.9 Å². The molecule has 3 rings (SSSR count). The average Bonchev–Trinajstić information content (AvgIpc) is 2.81. The number of nitrogens with one attached hydrogen (secondary N) is 2. The summed E-state index contributed by atoms with van der Waals surface area (Å²) in [5.41, 5.74) is 3.69. The van der Waals surface area contributed by atoms with Crippen molar-refractivity contribution in [2.75, 3.05) is 23.3 Å². The van der Waals surface area contributed by atoms with Crippen LogP contribution in [0.5, 0.6) is 11.5 Å². The minimum Gasteiger partial charge on any atom is -0.490 e. The van der Waals surface area contributed by atoms with Gasteiger partial charge in [0.2, 0.25) is 0 Å². The van der Waals surface area contributed by atoms with Crippen LogP contribution in [-0.4, -0.2) is 27.5 Å². The Kier molecular flexibility index (Phi) is 8.40. The van der Waals surface area contributed by atoms with E-state index in [1.165, 1.54) is 6.07 Å². The Balaban J connectivity index is 1.84. The molecule has 0 aliphatic rings. The Labute approximate surface area is 207 Å². The number of amides is 1. The molecule has 2 N–H and O–H groups in total. The molecule has 0 spiro atoms. The first-order valence-electron chi connectivity index (χ1n) is 11.6. The van der Waals surface area contributed by atoms with E-state index in [-0.39, 0.29) is 10.8 Å². The number of carbonyl (C=O) groups is 1. The molecule has 35 heavy (non-hydrogen) atoms. The van der Waals surface area contributed by atoms with Gasteiger partial charge in [-0.15, -0.1) is 0 Å². The zero-order valence-electron chi connectivity index (χ0n) is 20.8. The quantitative estimate of drug-likeness (QED) is 0.367. The van der Waals surface area contributed by atoms with E-state index in [9.17, 15) is 13.2 Å². The Morgan fingerprint density at radius 3 is 2.31 bits per heavy atom. The number of benzene rings is 3. The number of aryl methyl sites for hydroxylation is 3. The molecule has 0 fully saturated rings. The lowest BCUT2D eigenvalue weighted by atomic mass is 10.1. The fourth-order valence-corrected chi connectivity index (χ4v) is 4.95. The summed E-state index contributed by atoms with van der Waals surface area (Å²) < 4.78 is 40.3. The van der Waals surface area contributed by atoms with E-state index >= 15 is 0 Å². The topological polar surface area (TPSA) is 93.7 Å². The maximum atomic E-state index is 13.2. The fourth-order valence-electron chi connectivity index (χ4n) is 3.55. The van der Waals surface area contributed by atoms with Gasteiger partial charge in [0.05, 0.1) is 23.8 Å². The zero-order chi connectivity index (χ0) is 25.6. The van der Waals surface area contributed by atoms with E-state index in [2.05, 4.69) is 10.0 Å². The molecule has 0 heterocycles. The van der Waals surface area contributed by atoms with E-state index in [1.54, 1.807) is 43.3 Å². The summed E-state index contributed by atoms with van der Waals surface area (Å²) in [6.07, 6.45) is 0.852. The summed E-state index contributed by atoms with van der Waals surface area (Å²) in [7, 11) is -3.87. The number of hydrogen-bond donors (Lipinski definition) is 2. The summed E-state index contributed by atoms with van der Waals surface area (Å²) >= 11 is 0. The molecule has 0 atom stereocenters. The molecule has 186 valence electrons. The molecular formula is C27H32N2O5S. The molecule has 1 amide bonds. The van der Waals surface area contributed by atoms with Crippen LogP contribution in [0.1, 0.15) is 47.3 Å². The second-order valence-electron chi connectivity index (χ2n) is 8.30. The molecule has 0 aliphatic carbocycles. The van der Waals surface area contributed by atoms with Gasteiger partial charge >= 0.3 is 0 Å². The maximum absolute atomic E-state index is 13.2. The van der Waals surface area contributed by atoms with Crippen LogP contribution >= 0.6 is 0 Å². The largest absolute Gasteiger partial charge is 0.490 e. The minimum atomic E-state index is -3.87. The van der Waals surface area contributed by atoms with Crippen molar-refractivity contribution in [1.29, 1.82) is 0 Å². The van der Waals surface area contributed by atoms with Gasteiger partial charge in [-0.2, -0.15) is 0 Å². The summed E-state index contributed by atoms with van der Waals surface area (Å²) in [6, 6.07) is 15.3. The van der Waals surface area contributed by atoms with E-state index in [1.807, 2.05) is 39.8 Å². The second kappa shape index (κ2) is 11.3. The van der Waals surface area contributed by atoms with Crippen molar-refractivity contribution >= 4 is 27.3 Å². The third kappa shape index (κ3) is 6.54. The van der Waals surface area contributed by atoms with Gasteiger partial charge in [-0.25, -0.2) is 8.42 Å². The van der Waals surface area contributed by atoms with E-state index in [0.717, 1.165) is 17.5 Å². The number of hydrogen-bond acceptors (Lipinski definition) is 5. The van der Waals surface area contributed by atoms with Crippen LogP contribution in [0.25, 0.3) is 0 Å². The van der Waals surface area contributed by atoms with Gasteiger partial charge in [0.25, 0.3) is 15.9 Å². The monoisotopic (exact) mass is 496 g/mol. The lowest BCUT2D eigenvalue weighted by Crippen LogP contribution is -2.17. The van der Waals surface area contributed by atoms with E-state index in [0.29, 0.717) is 47.2 Å². The predicted molar refractivity (Wildman–Crippen MR) is 139 cm³/mol. The highest BCUT2D eigenvalue weighted by Gasteiger charge is 2.20. The van der Waals surface area contributed by atoms with Crippen LogP contribution < -0.4 is 19.5 Å². The Morgan fingerprint density at radius 1 is 0.857 bits per heavy atom. The third-order valence-electron chi connectivity index (χ3n) is 5.33. The van der Waals surface area contributed by atoms with E-state index < -0.39 is 10.0 Å². The van der Waals surface area contributed by atoms with Gasteiger partial charge in [0, 0.05) is 11.3 Å². The summed E-state index contributed by atoms with van der Waals surface area (Å²) in [5, 5.41) is 2.79. The van der Waals surface area contributed by atoms with Gasteiger partial charge in [-0.05, 0) is 81.6 Å². The van der Waals surface area contributed by atoms with Crippen molar-refractivity contribution < 1.29 is 22.7 Å². The standard InChI is InChI=1S/C27H32N2O5S/c1-6-14-34-24-13-10-21(16-25(24)33-7-2)27(30)28-22-11-9-19(4)26(17-22)35(31,32)29-23-12-8-18(3)15-20(23)5/h8-13,15-17,29H,6-7,14H2,1-5H3,(H,28,30). The van der Waals surface area contributed by atoms with Gasteiger partial charge in [0.15, 0.2) is 11.5 Å². The summed E-state index contributed by atoms with van der Waals surface area (Å²) in [4.78, 5) is 13.0. The fraction of sp³-hybridized carbons (Fsp3) is 0.296. The first-order chi connectivity index (χ1) is 16.6. The highest BCUT2D eigenvalue weighted by Crippen LogP contribution is 2.30. The molecule has 3 aromatic rings. The van der Waals surface area contributed by atoms with Crippen molar-refractivity contribution in [1.82, 2.24) is 0 Å². The smallest absolute Gasteiger partial charge is 0.262 e. The maximum Gasteiger partial charge on any atom is 0.262 e. The van der Waals surface area contributed by atoms with Gasteiger partial charge in [-0.3, -0.25) is 9.52 Å². The normalized spacial score (nSPS) is 11.1. The first kappa shape index (κ1) is 26.1. The number of sulfonamides is 1. The summed E-state index contributed by atoms with van der Waals surface area (Å²) in [6.45, 7) is 10.4. The third-order valence-corrected chi connectivity index (χ3v) is 6.84. The molecule has 0 aromatic heterocycles. The molecular weight excluding hydrogens is 464 g/mol. The lowest BCUT2D eigenvalue weighted by molar-refractivity contribution is 0.102. The minimum absolute atomic E-state index is 0.0913. The van der Waals surface area contributed by atoms with E-state index in [4.69, 9.17) is 9.47 Å². The van der Waals surface area contributed by atoms with Crippen molar-refractivity contribution in [3.63, 3.8) is 0 Å². The van der Waals surface area contributed by atoms with Crippen LogP contribution in [0.4, 0.5) is 11.4 Å². The SMILES string of the molecule is CCCOc1ccc(C(=O)Nc2ccc(C)c(S(=O)(=O)Nc3ccc(C)cc3C)c2)cc1OCC. The van der Waals surface area contributed by atoms with Crippen molar-refractivity contribution in [2.45, 2.75) is 45.9 Å². The van der Waals surface area contributed by atoms with Crippen LogP contribution in [0, 0.1) is 20.8 Å². The molecule has 8 heteroatoms. The Bertz CT molecular complexity index is 1320. The van der Waals surface area contributed by atoms with Crippen molar-refractivity contribution in [3.8, 4) is 11.5 Å². The van der Waals surface area contributed by atoms with Crippen LogP contribution in [0.15, 0.2) is 59.5 Å². The molecule has 3 aromatic carbocycles. The molecule has 0 bridgehead atoms. The molecule has 0 radical (unpaired) electrons. The highest BCUT2D eigenvalue weighted by atomic mass is 32.2. The second-order valence-corrected chi connectivity index (χ2v) is 9.95. The number of anilines is 2.